The molecule has 0 aromatic carbocycles. The van der Waals surface area contributed by atoms with E-state index in [1.54, 1.807) is 6.20 Å². The van der Waals surface area contributed by atoms with Crippen LogP contribution in [0.15, 0.2) is 28.3 Å². The minimum atomic E-state index is -4.83. The zero-order valence-electron chi connectivity index (χ0n) is 16.3. The van der Waals surface area contributed by atoms with Gasteiger partial charge in [-0.25, -0.2) is 14.3 Å². The highest BCUT2D eigenvalue weighted by Crippen LogP contribution is 2.38. The summed E-state index contributed by atoms with van der Waals surface area (Å²) in [7, 11) is -4.83. The van der Waals surface area contributed by atoms with Crippen LogP contribution in [0, 0.1) is 6.92 Å². The SMILES string of the molecule is Cc1cn([C@H]2C[C@H](OC(=O)[C@@H](N)Cc3c[nH]cn3)[C@@H](COP(=O)(O)O)O2)c(=O)[nH]c1=O. The van der Waals surface area contributed by atoms with Gasteiger partial charge in [0.25, 0.3) is 5.56 Å². The maximum atomic E-state index is 12.4. The van der Waals surface area contributed by atoms with Crippen molar-refractivity contribution in [2.75, 3.05) is 6.61 Å². The third-order valence-corrected chi connectivity index (χ3v) is 5.08. The van der Waals surface area contributed by atoms with E-state index in [1.807, 2.05) is 0 Å². The van der Waals surface area contributed by atoms with Crippen LogP contribution in [0.1, 0.15) is 23.9 Å². The number of imidazole rings is 1. The number of phosphoric ester groups is 1. The Morgan fingerprint density at radius 1 is 1.48 bits per heavy atom. The summed E-state index contributed by atoms with van der Waals surface area (Å²) in [6, 6.07) is -1.05. The molecule has 0 radical (unpaired) electrons. The number of rotatable bonds is 8. The number of nitrogens with zero attached hydrogens (tertiary/aromatic N) is 2. The van der Waals surface area contributed by atoms with E-state index in [4.69, 9.17) is 25.0 Å². The molecule has 2 aromatic rings. The first-order chi connectivity index (χ1) is 14.5. The van der Waals surface area contributed by atoms with Crippen LogP contribution in [0.5, 0.6) is 0 Å². The third kappa shape index (κ3) is 5.97. The van der Waals surface area contributed by atoms with Crippen LogP contribution in [0.4, 0.5) is 0 Å². The molecule has 0 amide bonds. The van der Waals surface area contributed by atoms with Crippen molar-refractivity contribution >= 4 is 13.8 Å². The molecule has 1 aliphatic rings. The Hall–Kier alpha value is -2.61. The summed E-state index contributed by atoms with van der Waals surface area (Å²) in [5.74, 6) is -0.788. The molecule has 0 spiro atoms. The number of ether oxygens (including phenoxy) is 2. The summed E-state index contributed by atoms with van der Waals surface area (Å²) in [6.45, 7) is 0.883. The van der Waals surface area contributed by atoms with Gasteiger partial charge in [0, 0.05) is 30.8 Å². The number of hydrogen-bond donors (Lipinski definition) is 5. The normalized spacial score (nSPS) is 22.4. The second-order valence-corrected chi connectivity index (χ2v) is 8.22. The molecular formula is C16H22N5O9P. The van der Waals surface area contributed by atoms with E-state index in [9.17, 15) is 18.9 Å². The largest absolute Gasteiger partial charge is 0.469 e. The molecule has 31 heavy (non-hydrogen) atoms. The van der Waals surface area contributed by atoms with Gasteiger partial charge in [0.1, 0.15) is 24.5 Å². The molecule has 15 heteroatoms. The van der Waals surface area contributed by atoms with Gasteiger partial charge in [0.15, 0.2) is 0 Å². The molecule has 4 atom stereocenters. The molecule has 0 bridgehead atoms. The molecule has 3 heterocycles. The summed E-state index contributed by atoms with van der Waals surface area (Å²) < 4.78 is 27.7. The number of esters is 1. The molecule has 0 aliphatic carbocycles. The van der Waals surface area contributed by atoms with Gasteiger partial charge in [0.2, 0.25) is 0 Å². The highest BCUT2D eigenvalue weighted by atomic mass is 31.2. The molecule has 0 saturated carbocycles. The first kappa shape index (κ1) is 23.1. The Bertz CT molecular complexity index is 1080. The van der Waals surface area contributed by atoms with Crippen molar-refractivity contribution < 1.29 is 33.1 Å². The summed E-state index contributed by atoms with van der Waals surface area (Å²) in [5, 5.41) is 0. The maximum absolute atomic E-state index is 12.4. The Labute approximate surface area is 174 Å². The third-order valence-electron chi connectivity index (χ3n) is 4.60. The number of phosphoric acid groups is 1. The van der Waals surface area contributed by atoms with E-state index < -0.39 is 56.1 Å². The van der Waals surface area contributed by atoms with E-state index in [0.717, 1.165) is 4.57 Å². The number of aromatic nitrogens is 4. The maximum Gasteiger partial charge on any atom is 0.469 e. The summed E-state index contributed by atoms with van der Waals surface area (Å²) in [4.78, 5) is 63.0. The second kappa shape index (κ2) is 9.26. The highest BCUT2D eigenvalue weighted by molar-refractivity contribution is 7.46. The van der Waals surface area contributed by atoms with Crippen LogP contribution in [0.2, 0.25) is 0 Å². The minimum Gasteiger partial charge on any atom is -0.458 e. The monoisotopic (exact) mass is 459 g/mol. The lowest BCUT2D eigenvalue weighted by Gasteiger charge is -2.20. The minimum absolute atomic E-state index is 0.0402. The summed E-state index contributed by atoms with van der Waals surface area (Å²) >= 11 is 0. The van der Waals surface area contributed by atoms with E-state index in [1.165, 1.54) is 19.4 Å². The molecular weight excluding hydrogens is 437 g/mol. The lowest BCUT2D eigenvalue weighted by molar-refractivity contribution is -0.154. The molecule has 2 aromatic heterocycles. The van der Waals surface area contributed by atoms with E-state index >= 15 is 0 Å². The summed E-state index contributed by atoms with van der Waals surface area (Å²) in [6.07, 6.45) is 1.25. The zero-order valence-corrected chi connectivity index (χ0v) is 17.2. The predicted molar refractivity (Wildman–Crippen MR) is 103 cm³/mol. The molecule has 3 rings (SSSR count). The van der Waals surface area contributed by atoms with Crippen molar-refractivity contribution in [2.45, 2.75) is 44.2 Å². The van der Waals surface area contributed by atoms with Gasteiger partial charge in [-0.2, -0.15) is 0 Å². The Balaban J connectivity index is 1.76. The average Bonchev–Trinajstić information content (AvgIpc) is 3.32. The molecule has 14 nitrogen and oxygen atoms in total. The second-order valence-electron chi connectivity index (χ2n) is 6.98. The van der Waals surface area contributed by atoms with Crippen molar-refractivity contribution in [1.82, 2.24) is 19.5 Å². The first-order valence-electron chi connectivity index (χ1n) is 9.15. The lowest BCUT2D eigenvalue weighted by Crippen LogP contribution is -2.39. The highest BCUT2D eigenvalue weighted by Gasteiger charge is 2.41. The average molecular weight is 459 g/mol. The number of aromatic amines is 2. The fraction of sp³-hybridized carbons (Fsp3) is 0.500. The van der Waals surface area contributed by atoms with Crippen molar-refractivity contribution in [3.8, 4) is 0 Å². The van der Waals surface area contributed by atoms with Gasteiger partial charge in [-0.05, 0) is 6.92 Å². The Kier molecular flexibility index (Phi) is 6.89. The number of aryl methyl sites for hydroxylation is 1. The molecule has 6 N–H and O–H groups in total. The number of carbonyl (C=O) groups excluding carboxylic acids is 1. The predicted octanol–water partition coefficient (Wildman–Crippen LogP) is -1.55. The van der Waals surface area contributed by atoms with Crippen molar-refractivity contribution in [3.63, 3.8) is 0 Å². The summed E-state index contributed by atoms with van der Waals surface area (Å²) in [5.41, 5.74) is 5.33. The fourth-order valence-corrected chi connectivity index (χ4v) is 3.40. The van der Waals surface area contributed by atoms with E-state index in [-0.39, 0.29) is 18.4 Å². The van der Waals surface area contributed by atoms with Crippen LogP contribution in [-0.4, -0.2) is 60.1 Å². The Morgan fingerprint density at radius 2 is 2.23 bits per heavy atom. The molecule has 170 valence electrons. The van der Waals surface area contributed by atoms with Crippen LogP contribution in [-0.2, 0) is 29.8 Å². The van der Waals surface area contributed by atoms with Gasteiger partial charge >= 0.3 is 19.5 Å². The van der Waals surface area contributed by atoms with Crippen molar-refractivity contribution in [1.29, 1.82) is 0 Å². The molecule has 1 fully saturated rings. The quantitative estimate of drug-likeness (QED) is 0.225. The number of nitrogens with two attached hydrogens (primary N) is 1. The van der Waals surface area contributed by atoms with Crippen molar-refractivity contribution in [3.05, 3.63) is 50.8 Å². The van der Waals surface area contributed by atoms with E-state index in [2.05, 4.69) is 19.5 Å². The van der Waals surface area contributed by atoms with E-state index in [0.29, 0.717) is 5.69 Å². The lowest BCUT2D eigenvalue weighted by atomic mass is 10.1. The number of carbonyl (C=O) groups is 1. The van der Waals surface area contributed by atoms with Crippen LogP contribution in [0.3, 0.4) is 0 Å². The number of hydrogen-bond acceptors (Lipinski definition) is 9. The van der Waals surface area contributed by atoms with Crippen LogP contribution >= 0.6 is 7.82 Å². The van der Waals surface area contributed by atoms with Crippen molar-refractivity contribution in [2.24, 2.45) is 5.73 Å². The topological polar surface area (TPSA) is 212 Å². The number of nitrogens with one attached hydrogen (secondary N) is 2. The molecule has 1 saturated heterocycles. The standard InChI is InChI=1S/C16H22N5O9P/c1-8-5-21(16(24)20-14(8)22)13-3-11(12(29-13)6-28-31(25,26)27)30-15(23)10(17)2-9-4-18-7-19-9/h4-5,7,10-13H,2-3,6,17H2,1H3,(H,18,19)(H,20,22,24)(H2,25,26,27)/t10-,11-,12+,13+/m0/s1. The smallest absolute Gasteiger partial charge is 0.458 e. The number of H-pyrrole nitrogens is 2. The van der Waals surface area contributed by atoms with Gasteiger partial charge in [-0.3, -0.25) is 23.7 Å². The van der Waals surface area contributed by atoms with Crippen LogP contribution < -0.4 is 17.0 Å². The molecule has 0 unspecified atom stereocenters. The fourth-order valence-electron chi connectivity index (χ4n) is 3.06. The van der Waals surface area contributed by atoms with Gasteiger partial charge in [0.05, 0.1) is 18.6 Å². The van der Waals surface area contributed by atoms with Gasteiger partial charge in [-0.15, -0.1) is 0 Å². The van der Waals surface area contributed by atoms with Gasteiger partial charge in [-0.1, -0.05) is 0 Å². The van der Waals surface area contributed by atoms with Gasteiger partial charge < -0.3 is 30.0 Å². The Morgan fingerprint density at radius 3 is 2.87 bits per heavy atom. The van der Waals surface area contributed by atoms with Crippen LogP contribution in [0.25, 0.3) is 0 Å². The molecule has 1 aliphatic heterocycles. The zero-order chi connectivity index (χ0) is 22.8. The first-order valence-corrected chi connectivity index (χ1v) is 10.7.